The molecule has 33 heavy (non-hydrogen) atoms. The predicted molar refractivity (Wildman–Crippen MR) is 121 cm³/mol. The second-order valence-electron chi connectivity index (χ2n) is 8.66. The molecule has 176 valence electrons. The highest BCUT2D eigenvalue weighted by atomic mass is 16.5. The van der Waals surface area contributed by atoms with Gasteiger partial charge in [0.05, 0.1) is 18.9 Å². The first-order valence-electron chi connectivity index (χ1n) is 11.7. The Balaban J connectivity index is 1.58. The number of nitrogens with one attached hydrogen (secondary N) is 2. The van der Waals surface area contributed by atoms with Crippen molar-refractivity contribution < 1.29 is 23.5 Å². The normalized spacial score (nSPS) is 19.2. The molecule has 2 heterocycles. The van der Waals surface area contributed by atoms with Crippen LogP contribution in [0.15, 0.2) is 53.1 Å². The van der Waals surface area contributed by atoms with Crippen LogP contribution in [0.4, 0.5) is 0 Å². The number of carbonyl (C=O) groups excluding carboxylic acids is 3. The molecule has 1 saturated heterocycles. The summed E-state index contributed by atoms with van der Waals surface area (Å²) in [7, 11) is 0. The summed E-state index contributed by atoms with van der Waals surface area (Å²) < 4.78 is 11.1. The average Bonchev–Trinajstić information content (AvgIpc) is 3.61. The number of furan rings is 1. The largest absolute Gasteiger partial charge is 0.467 e. The van der Waals surface area contributed by atoms with Crippen molar-refractivity contribution in [1.82, 2.24) is 15.5 Å². The number of hydrogen-bond acceptors (Lipinski definition) is 5. The predicted octanol–water partition coefficient (Wildman–Crippen LogP) is 2.70. The highest BCUT2D eigenvalue weighted by Crippen LogP contribution is 2.25. The molecule has 3 amide bonds. The van der Waals surface area contributed by atoms with Gasteiger partial charge in [0.15, 0.2) is 0 Å². The highest BCUT2D eigenvalue weighted by molar-refractivity contribution is 6.35. The number of nitrogens with zero attached hydrogens (tertiary/aromatic N) is 1. The maximum atomic E-state index is 13.4. The Morgan fingerprint density at radius 2 is 1.79 bits per heavy atom. The van der Waals surface area contributed by atoms with Gasteiger partial charge in [-0.1, -0.05) is 43.2 Å². The van der Waals surface area contributed by atoms with E-state index < -0.39 is 17.9 Å². The molecule has 0 unspecified atom stereocenters. The van der Waals surface area contributed by atoms with Crippen LogP contribution in [0.2, 0.25) is 0 Å². The Morgan fingerprint density at radius 3 is 2.45 bits per heavy atom. The quantitative estimate of drug-likeness (QED) is 0.599. The molecule has 1 aliphatic carbocycles. The summed E-state index contributed by atoms with van der Waals surface area (Å²) in [6, 6.07) is 11.5. The Hall–Kier alpha value is -3.13. The molecule has 2 aromatic rings. The van der Waals surface area contributed by atoms with Crippen LogP contribution >= 0.6 is 0 Å². The van der Waals surface area contributed by atoms with Crippen molar-refractivity contribution in [2.75, 3.05) is 13.2 Å². The van der Waals surface area contributed by atoms with Crippen molar-refractivity contribution >= 4 is 17.7 Å². The molecular formula is C25H31N3O5. The third-order valence-electron chi connectivity index (χ3n) is 6.26. The molecule has 8 heteroatoms. The molecule has 1 aromatic carbocycles. The lowest BCUT2D eigenvalue weighted by Crippen LogP contribution is -2.50. The van der Waals surface area contributed by atoms with Crippen LogP contribution in [-0.2, 0) is 25.7 Å². The summed E-state index contributed by atoms with van der Waals surface area (Å²) in [4.78, 5) is 41.0. The standard InChI is InChI=1S/C25H31N3O5/c29-23(26-16-20-12-6-14-32-20)22(18-8-2-1-3-9-18)28(17-21-13-7-15-33-21)25(31)24(30)27-19-10-4-5-11-19/h1-3,7-9,13,15,19-20,22H,4-6,10-12,14,16-17H2,(H,26,29)(H,27,30)/t20-,22+/m1/s1. The molecule has 0 bridgehead atoms. The molecule has 1 saturated carbocycles. The van der Waals surface area contributed by atoms with Crippen LogP contribution < -0.4 is 10.6 Å². The zero-order valence-electron chi connectivity index (χ0n) is 18.7. The molecule has 0 spiro atoms. The van der Waals surface area contributed by atoms with Gasteiger partial charge in [-0.3, -0.25) is 14.4 Å². The van der Waals surface area contributed by atoms with Gasteiger partial charge < -0.3 is 24.7 Å². The molecule has 2 N–H and O–H groups in total. The zero-order chi connectivity index (χ0) is 23.0. The number of benzene rings is 1. The Bertz CT molecular complexity index is 919. The van der Waals surface area contributed by atoms with Gasteiger partial charge in [-0.05, 0) is 43.4 Å². The molecule has 2 atom stereocenters. The van der Waals surface area contributed by atoms with E-state index in [0.29, 0.717) is 24.5 Å². The maximum absolute atomic E-state index is 13.4. The van der Waals surface area contributed by atoms with E-state index in [1.54, 1.807) is 24.3 Å². The van der Waals surface area contributed by atoms with E-state index in [1.165, 1.54) is 11.2 Å². The Kier molecular flexibility index (Phi) is 7.78. The summed E-state index contributed by atoms with van der Waals surface area (Å²) in [5.41, 5.74) is 0.621. The van der Waals surface area contributed by atoms with Crippen molar-refractivity contribution in [2.24, 2.45) is 0 Å². The van der Waals surface area contributed by atoms with E-state index in [9.17, 15) is 14.4 Å². The van der Waals surface area contributed by atoms with E-state index in [0.717, 1.165) is 38.5 Å². The lowest BCUT2D eigenvalue weighted by Gasteiger charge is -2.31. The van der Waals surface area contributed by atoms with E-state index >= 15 is 0 Å². The van der Waals surface area contributed by atoms with Crippen molar-refractivity contribution in [1.29, 1.82) is 0 Å². The molecule has 2 aliphatic rings. The lowest BCUT2D eigenvalue weighted by molar-refractivity contribution is -0.151. The average molecular weight is 454 g/mol. The molecule has 8 nitrogen and oxygen atoms in total. The van der Waals surface area contributed by atoms with Gasteiger partial charge in [0, 0.05) is 19.2 Å². The maximum Gasteiger partial charge on any atom is 0.313 e. The molecule has 2 fully saturated rings. The molecule has 1 aromatic heterocycles. The SMILES string of the molecule is O=C(NC1CCCC1)C(=O)N(Cc1ccco1)[C@H](C(=O)NC[C@H]1CCCO1)c1ccccc1. The number of carbonyl (C=O) groups is 3. The Morgan fingerprint density at radius 1 is 1.00 bits per heavy atom. The van der Waals surface area contributed by atoms with Crippen molar-refractivity contribution in [3.05, 3.63) is 60.1 Å². The number of ether oxygens (including phenoxy) is 1. The summed E-state index contributed by atoms with van der Waals surface area (Å²) in [5, 5.41) is 5.78. The first-order valence-corrected chi connectivity index (χ1v) is 11.7. The summed E-state index contributed by atoms with van der Waals surface area (Å²) in [5.74, 6) is -1.31. The molecular weight excluding hydrogens is 422 g/mol. The van der Waals surface area contributed by atoms with Gasteiger partial charge in [0.1, 0.15) is 11.8 Å². The summed E-state index contributed by atoms with van der Waals surface area (Å²) in [6.45, 7) is 1.04. The van der Waals surface area contributed by atoms with Gasteiger partial charge in [-0.15, -0.1) is 0 Å². The van der Waals surface area contributed by atoms with Gasteiger partial charge in [0.25, 0.3) is 0 Å². The zero-order valence-corrected chi connectivity index (χ0v) is 18.7. The highest BCUT2D eigenvalue weighted by Gasteiger charge is 2.36. The van der Waals surface area contributed by atoms with Crippen LogP contribution in [0.3, 0.4) is 0 Å². The van der Waals surface area contributed by atoms with Crippen molar-refractivity contribution in [3.63, 3.8) is 0 Å². The van der Waals surface area contributed by atoms with Crippen LogP contribution in [0.1, 0.15) is 55.9 Å². The van der Waals surface area contributed by atoms with Crippen LogP contribution in [0.5, 0.6) is 0 Å². The van der Waals surface area contributed by atoms with Crippen LogP contribution in [0, 0.1) is 0 Å². The first-order chi connectivity index (χ1) is 16.1. The fraction of sp³-hybridized carbons (Fsp3) is 0.480. The molecule has 0 radical (unpaired) electrons. The van der Waals surface area contributed by atoms with Gasteiger partial charge in [-0.25, -0.2) is 0 Å². The minimum absolute atomic E-state index is 0.00315. The van der Waals surface area contributed by atoms with Crippen LogP contribution in [-0.4, -0.2) is 47.9 Å². The van der Waals surface area contributed by atoms with E-state index in [-0.39, 0.29) is 24.6 Å². The fourth-order valence-electron chi connectivity index (χ4n) is 4.52. The van der Waals surface area contributed by atoms with Crippen molar-refractivity contribution in [2.45, 2.75) is 63.3 Å². The number of rotatable bonds is 8. The first kappa shape index (κ1) is 23.0. The number of hydrogen-bond donors (Lipinski definition) is 2. The molecule has 1 aliphatic heterocycles. The second-order valence-corrected chi connectivity index (χ2v) is 8.66. The van der Waals surface area contributed by atoms with Gasteiger partial charge in [0.2, 0.25) is 5.91 Å². The van der Waals surface area contributed by atoms with E-state index in [1.807, 2.05) is 18.2 Å². The smallest absolute Gasteiger partial charge is 0.313 e. The van der Waals surface area contributed by atoms with E-state index in [2.05, 4.69) is 10.6 Å². The Labute approximate surface area is 193 Å². The molecule has 4 rings (SSSR count). The van der Waals surface area contributed by atoms with Crippen molar-refractivity contribution in [3.8, 4) is 0 Å². The minimum Gasteiger partial charge on any atom is -0.467 e. The fourth-order valence-corrected chi connectivity index (χ4v) is 4.52. The third-order valence-corrected chi connectivity index (χ3v) is 6.26. The van der Waals surface area contributed by atoms with E-state index in [4.69, 9.17) is 9.15 Å². The third kappa shape index (κ3) is 6.01. The monoisotopic (exact) mass is 453 g/mol. The number of amides is 3. The summed E-state index contributed by atoms with van der Waals surface area (Å²) in [6.07, 6.45) is 7.11. The summed E-state index contributed by atoms with van der Waals surface area (Å²) >= 11 is 0. The van der Waals surface area contributed by atoms with Crippen LogP contribution in [0.25, 0.3) is 0 Å². The van der Waals surface area contributed by atoms with Gasteiger partial charge in [-0.2, -0.15) is 0 Å². The minimum atomic E-state index is -0.987. The second kappa shape index (κ2) is 11.1. The van der Waals surface area contributed by atoms with Gasteiger partial charge >= 0.3 is 11.8 Å². The lowest BCUT2D eigenvalue weighted by atomic mass is 10.0. The topological polar surface area (TPSA) is 101 Å².